The Hall–Kier alpha value is -2.86. The Morgan fingerprint density at radius 2 is 1.94 bits per heavy atom. The number of benzene rings is 1. The van der Waals surface area contributed by atoms with Crippen molar-refractivity contribution in [1.82, 2.24) is 21.4 Å². The number of hydrogen-bond acceptors (Lipinski definition) is 9. The van der Waals surface area contributed by atoms with Crippen LogP contribution in [0.5, 0.6) is 0 Å². The molecule has 0 aromatic heterocycles. The molecular formula is C24H38ClN7O4. The normalized spacial score (nSPS) is 18.7. The van der Waals surface area contributed by atoms with E-state index in [1.165, 1.54) is 5.01 Å². The third-order valence-corrected chi connectivity index (χ3v) is 6.25. The first-order valence-corrected chi connectivity index (χ1v) is 11.8. The van der Waals surface area contributed by atoms with Crippen molar-refractivity contribution in [2.45, 2.75) is 52.6 Å². The fourth-order valence-corrected chi connectivity index (χ4v) is 4.77. The van der Waals surface area contributed by atoms with Crippen molar-refractivity contribution in [2.24, 2.45) is 39.3 Å². The van der Waals surface area contributed by atoms with E-state index in [1.807, 2.05) is 57.2 Å². The van der Waals surface area contributed by atoms with E-state index in [2.05, 4.69) is 21.3 Å². The van der Waals surface area contributed by atoms with Crippen molar-refractivity contribution in [3.8, 4) is 0 Å². The molecular weight excluding hydrogens is 486 g/mol. The summed E-state index contributed by atoms with van der Waals surface area (Å²) in [7, 11) is 1.64. The highest BCUT2D eigenvalue weighted by atomic mass is 35.5. The number of hydroxylamine groups is 1. The Bertz CT molecular complexity index is 928. The number of carbonyl (C=O) groups is 3. The van der Waals surface area contributed by atoms with E-state index in [0.717, 1.165) is 5.56 Å². The van der Waals surface area contributed by atoms with Gasteiger partial charge in [0.1, 0.15) is 5.41 Å². The van der Waals surface area contributed by atoms with Crippen molar-refractivity contribution >= 4 is 36.1 Å². The molecule has 0 fully saturated rings. The molecule has 11 nitrogen and oxygen atoms in total. The molecule has 0 aliphatic carbocycles. The number of nitrogens with one attached hydrogen (secondary N) is 3. The molecule has 0 spiro atoms. The second kappa shape index (κ2) is 14.6. The SMILES string of the molecule is CCCC(CC(C)C)(C(=O)NN)C(=O)[C@@H](C1N=NNN1C)[C@H](C/C=C/c1ccccc1)C(=O)NO.Cl. The van der Waals surface area contributed by atoms with Gasteiger partial charge in [-0.3, -0.25) is 25.0 Å². The molecule has 1 heterocycles. The predicted octanol–water partition coefficient (Wildman–Crippen LogP) is 2.78. The molecule has 6 N–H and O–H groups in total. The summed E-state index contributed by atoms with van der Waals surface area (Å²) in [6.45, 7) is 5.71. The van der Waals surface area contributed by atoms with Crippen molar-refractivity contribution < 1.29 is 19.6 Å². The van der Waals surface area contributed by atoms with Crippen LogP contribution < -0.4 is 22.3 Å². The van der Waals surface area contributed by atoms with Gasteiger partial charge >= 0.3 is 0 Å². The van der Waals surface area contributed by atoms with Crippen LogP contribution in [0.15, 0.2) is 46.7 Å². The van der Waals surface area contributed by atoms with Gasteiger partial charge in [-0.1, -0.05) is 74.9 Å². The lowest BCUT2D eigenvalue weighted by Gasteiger charge is -2.38. The van der Waals surface area contributed by atoms with Crippen molar-refractivity contribution in [2.75, 3.05) is 7.05 Å². The molecule has 0 bridgehead atoms. The van der Waals surface area contributed by atoms with Crippen LogP contribution in [-0.2, 0) is 14.4 Å². The van der Waals surface area contributed by atoms with Crippen molar-refractivity contribution in [3.63, 3.8) is 0 Å². The number of ketones is 1. The number of allylic oxidation sites excluding steroid dienone is 1. The first kappa shape index (κ1) is 31.2. The van der Waals surface area contributed by atoms with Gasteiger partial charge in [0.25, 0.3) is 0 Å². The molecule has 0 radical (unpaired) electrons. The van der Waals surface area contributed by atoms with Crippen LogP contribution in [0.1, 0.15) is 52.0 Å². The molecule has 36 heavy (non-hydrogen) atoms. The summed E-state index contributed by atoms with van der Waals surface area (Å²) in [6.07, 6.45) is 3.88. The highest BCUT2D eigenvalue weighted by Gasteiger charge is 2.53. The van der Waals surface area contributed by atoms with Crippen LogP contribution in [0, 0.1) is 23.2 Å². The lowest BCUT2D eigenvalue weighted by Crippen LogP contribution is -2.57. The molecule has 4 atom stereocenters. The van der Waals surface area contributed by atoms with Crippen molar-refractivity contribution in [1.29, 1.82) is 0 Å². The van der Waals surface area contributed by atoms with E-state index in [-0.39, 0.29) is 37.6 Å². The molecule has 1 aliphatic heterocycles. The quantitative estimate of drug-likeness (QED) is 0.0872. The molecule has 12 heteroatoms. The lowest BCUT2D eigenvalue weighted by molar-refractivity contribution is -0.153. The number of nitrogens with two attached hydrogens (primary N) is 1. The van der Waals surface area contributed by atoms with Crippen LogP contribution in [0.4, 0.5) is 0 Å². The number of halogens is 1. The van der Waals surface area contributed by atoms with Gasteiger partial charge < -0.3 is 0 Å². The lowest BCUT2D eigenvalue weighted by atomic mass is 9.65. The maximum absolute atomic E-state index is 14.4. The van der Waals surface area contributed by atoms with E-state index in [0.29, 0.717) is 6.42 Å². The molecule has 1 aromatic rings. The second-order valence-electron chi connectivity index (χ2n) is 9.26. The minimum atomic E-state index is -1.47. The molecule has 0 saturated carbocycles. The van der Waals surface area contributed by atoms with Gasteiger partial charge in [-0.15, -0.1) is 17.5 Å². The highest BCUT2D eigenvalue weighted by molar-refractivity contribution is 6.08. The molecule has 2 amide bonds. The van der Waals surface area contributed by atoms with Gasteiger partial charge in [0.15, 0.2) is 11.9 Å². The smallest absolute Gasteiger partial charge is 0.247 e. The fraction of sp³-hybridized carbons (Fsp3) is 0.542. The average Bonchev–Trinajstić information content (AvgIpc) is 3.27. The minimum absolute atomic E-state index is 0. The van der Waals surface area contributed by atoms with E-state index < -0.39 is 41.0 Å². The summed E-state index contributed by atoms with van der Waals surface area (Å²) < 4.78 is 0. The Labute approximate surface area is 218 Å². The van der Waals surface area contributed by atoms with E-state index >= 15 is 0 Å². The standard InChI is InChI=1S/C24H37N7O4.ClH/c1-5-14-24(15-16(2)3,23(34)26-25)20(32)19(21-27-29-30-31(21)4)18(22(33)28-35)13-9-12-17-10-7-6-8-11-17;/h6-12,16,18-19,21,35H,5,13-15,25H2,1-4H3,(H,26,34)(H,27,30)(H,28,33);1H/b12-9+;/t18-,19-,21?,24?;/m0./s1. The predicted molar refractivity (Wildman–Crippen MR) is 138 cm³/mol. The van der Waals surface area contributed by atoms with Gasteiger partial charge in [0.2, 0.25) is 11.8 Å². The molecule has 1 aromatic carbocycles. The van der Waals surface area contributed by atoms with E-state index in [4.69, 9.17) is 5.84 Å². The Morgan fingerprint density at radius 1 is 1.28 bits per heavy atom. The van der Waals surface area contributed by atoms with Crippen LogP contribution in [0.3, 0.4) is 0 Å². The van der Waals surface area contributed by atoms with Gasteiger partial charge in [0, 0.05) is 7.05 Å². The third-order valence-electron chi connectivity index (χ3n) is 6.25. The number of hydrazine groups is 2. The van der Waals surface area contributed by atoms with Crippen LogP contribution >= 0.6 is 12.4 Å². The number of hydrogen-bond donors (Lipinski definition) is 5. The molecule has 1 aliphatic rings. The number of Topliss-reactive ketones (excluding diaryl/α,β-unsaturated/α-hetero) is 1. The Kier molecular flexibility index (Phi) is 12.7. The van der Waals surface area contributed by atoms with E-state index in [9.17, 15) is 19.6 Å². The summed E-state index contributed by atoms with van der Waals surface area (Å²) in [5.74, 6) is 1.59. The zero-order valence-corrected chi connectivity index (χ0v) is 22.0. The third kappa shape index (κ3) is 7.33. The number of amides is 2. The van der Waals surface area contributed by atoms with Gasteiger partial charge in [0.05, 0.1) is 11.8 Å². The summed E-state index contributed by atoms with van der Waals surface area (Å²) in [5.41, 5.74) is 5.98. The van der Waals surface area contributed by atoms with Crippen LogP contribution in [-0.4, -0.2) is 41.0 Å². The maximum atomic E-state index is 14.4. The monoisotopic (exact) mass is 523 g/mol. The molecule has 200 valence electrons. The van der Waals surface area contributed by atoms with E-state index in [1.54, 1.807) is 18.6 Å². The Morgan fingerprint density at radius 3 is 2.44 bits per heavy atom. The fourth-order valence-electron chi connectivity index (χ4n) is 4.77. The van der Waals surface area contributed by atoms with Gasteiger partial charge in [-0.25, -0.2) is 16.9 Å². The largest absolute Gasteiger partial charge is 0.298 e. The molecule has 0 saturated heterocycles. The second-order valence-corrected chi connectivity index (χ2v) is 9.26. The average molecular weight is 524 g/mol. The minimum Gasteiger partial charge on any atom is -0.298 e. The number of rotatable bonds is 13. The first-order valence-electron chi connectivity index (χ1n) is 11.8. The number of nitrogens with zero attached hydrogens (tertiary/aromatic N) is 3. The molecule has 2 rings (SSSR count). The zero-order valence-electron chi connectivity index (χ0n) is 21.2. The Balaban J connectivity index is 0.00000648. The first-order chi connectivity index (χ1) is 16.7. The zero-order chi connectivity index (χ0) is 26.0. The summed E-state index contributed by atoms with van der Waals surface area (Å²) in [4.78, 5) is 40.4. The number of carbonyl (C=O) groups excluding carboxylic acids is 3. The summed E-state index contributed by atoms with van der Waals surface area (Å²) in [5, 5.41) is 19.0. The summed E-state index contributed by atoms with van der Waals surface area (Å²) >= 11 is 0. The van der Waals surface area contributed by atoms with Crippen molar-refractivity contribution in [3.05, 3.63) is 42.0 Å². The highest BCUT2D eigenvalue weighted by Crippen LogP contribution is 2.41. The van der Waals surface area contributed by atoms with Gasteiger partial charge in [-0.2, -0.15) is 5.01 Å². The molecule has 2 unspecified atom stereocenters. The summed E-state index contributed by atoms with van der Waals surface area (Å²) in [6, 6.07) is 9.49. The maximum Gasteiger partial charge on any atom is 0.247 e. The topological polar surface area (TPSA) is 162 Å². The van der Waals surface area contributed by atoms with Crippen LogP contribution in [0.25, 0.3) is 6.08 Å². The van der Waals surface area contributed by atoms with Gasteiger partial charge in [-0.05, 0) is 30.7 Å². The van der Waals surface area contributed by atoms with Crippen LogP contribution in [0.2, 0.25) is 0 Å².